The summed E-state index contributed by atoms with van der Waals surface area (Å²) in [5.74, 6) is 2.77. The molecule has 1 saturated heterocycles. The molecule has 1 aliphatic heterocycles. The van der Waals surface area contributed by atoms with Gasteiger partial charge in [0.15, 0.2) is 0 Å². The maximum absolute atomic E-state index is 5.30. The fourth-order valence-corrected chi connectivity index (χ4v) is 7.38. The Kier molecular flexibility index (Phi) is 5.41. The van der Waals surface area contributed by atoms with Crippen molar-refractivity contribution in [1.29, 1.82) is 0 Å². The molecule has 3 aliphatic carbocycles. The van der Waals surface area contributed by atoms with Crippen LogP contribution in [0.1, 0.15) is 68.1 Å². The summed E-state index contributed by atoms with van der Waals surface area (Å²) in [6.45, 7) is 3.55. The summed E-state index contributed by atoms with van der Waals surface area (Å²) in [5.41, 5.74) is 6.35. The predicted molar refractivity (Wildman–Crippen MR) is 131 cm³/mol. The van der Waals surface area contributed by atoms with Crippen molar-refractivity contribution in [3.05, 3.63) is 59.2 Å². The highest BCUT2D eigenvalue weighted by molar-refractivity contribution is 5.54. The van der Waals surface area contributed by atoms with Gasteiger partial charge in [-0.2, -0.15) is 0 Å². The van der Waals surface area contributed by atoms with Gasteiger partial charge in [-0.1, -0.05) is 37.5 Å². The highest BCUT2D eigenvalue weighted by Gasteiger charge is 2.53. The van der Waals surface area contributed by atoms with Gasteiger partial charge in [0.1, 0.15) is 5.75 Å². The van der Waals surface area contributed by atoms with E-state index in [0.717, 1.165) is 30.2 Å². The van der Waals surface area contributed by atoms with Crippen molar-refractivity contribution in [3.63, 3.8) is 0 Å². The lowest BCUT2D eigenvalue weighted by atomic mass is 9.52. The highest BCUT2D eigenvalue weighted by Crippen LogP contribution is 2.56. The number of fused-ring (bicyclic) bond motifs is 1. The molecule has 2 saturated carbocycles. The number of hydrogen-bond donors (Lipinski definition) is 1. The van der Waals surface area contributed by atoms with Crippen LogP contribution >= 0.6 is 0 Å². The number of nitrogens with zero attached hydrogens (tertiary/aromatic N) is 1. The summed E-state index contributed by atoms with van der Waals surface area (Å²) < 4.78 is 5.30. The van der Waals surface area contributed by atoms with Crippen molar-refractivity contribution in [2.75, 3.05) is 25.5 Å². The van der Waals surface area contributed by atoms with Crippen molar-refractivity contribution < 1.29 is 4.74 Å². The minimum Gasteiger partial charge on any atom is -0.497 e. The van der Waals surface area contributed by atoms with Crippen LogP contribution in [0.3, 0.4) is 0 Å². The Bertz CT molecular complexity index is 950. The molecule has 0 radical (unpaired) electrons. The van der Waals surface area contributed by atoms with Crippen LogP contribution in [-0.2, 0) is 18.4 Å². The molecule has 6 rings (SSSR count). The first-order chi connectivity index (χ1) is 15.7. The van der Waals surface area contributed by atoms with Gasteiger partial charge >= 0.3 is 0 Å². The molecule has 2 aromatic carbocycles. The number of benzene rings is 2. The quantitative estimate of drug-likeness (QED) is 0.593. The van der Waals surface area contributed by atoms with Crippen LogP contribution in [0.5, 0.6) is 5.75 Å². The van der Waals surface area contributed by atoms with E-state index in [4.69, 9.17) is 4.74 Å². The van der Waals surface area contributed by atoms with E-state index in [1.807, 2.05) is 12.1 Å². The summed E-state index contributed by atoms with van der Waals surface area (Å²) in [5, 5.41) is 3.71. The van der Waals surface area contributed by atoms with Crippen LogP contribution in [0.15, 0.2) is 42.5 Å². The number of nitrogens with one attached hydrogen (secondary N) is 1. The lowest BCUT2D eigenvalue weighted by Crippen LogP contribution is -2.61. The Hall–Kier alpha value is -2.00. The molecule has 0 aromatic heterocycles. The maximum atomic E-state index is 5.30. The third-order valence-corrected chi connectivity index (χ3v) is 9.32. The first-order valence-corrected chi connectivity index (χ1v) is 13.0. The zero-order valence-corrected chi connectivity index (χ0v) is 19.6. The number of ether oxygens (including phenoxy) is 1. The van der Waals surface area contributed by atoms with Crippen LogP contribution in [0, 0.1) is 11.8 Å². The Morgan fingerprint density at radius 1 is 1.00 bits per heavy atom. The van der Waals surface area contributed by atoms with E-state index in [1.165, 1.54) is 82.1 Å². The lowest BCUT2D eigenvalue weighted by Gasteiger charge is -2.59. The normalized spacial score (nSPS) is 29.5. The number of hydrogen-bond acceptors (Lipinski definition) is 3. The van der Waals surface area contributed by atoms with Gasteiger partial charge in [0.2, 0.25) is 0 Å². The molecule has 1 heterocycles. The molecule has 2 bridgehead atoms. The molecular weight excluding hydrogens is 392 g/mol. The zero-order valence-electron chi connectivity index (χ0n) is 19.6. The van der Waals surface area contributed by atoms with E-state index in [9.17, 15) is 0 Å². The SMILES string of the molecule is COc1ccc(CNc2ccc3c(c2)C24CCCC[C@@H]2C(C3)N(CC2CCC2)CC4)cc1. The van der Waals surface area contributed by atoms with E-state index in [-0.39, 0.29) is 0 Å². The second-order valence-corrected chi connectivity index (χ2v) is 10.9. The molecule has 0 spiro atoms. The van der Waals surface area contributed by atoms with Crippen LogP contribution < -0.4 is 10.1 Å². The van der Waals surface area contributed by atoms with Gasteiger partial charge in [-0.05, 0) is 97.9 Å². The third kappa shape index (κ3) is 3.53. The average molecular weight is 431 g/mol. The van der Waals surface area contributed by atoms with Gasteiger partial charge in [0.25, 0.3) is 0 Å². The van der Waals surface area contributed by atoms with E-state index in [1.54, 1.807) is 18.2 Å². The number of likely N-dealkylation sites (tertiary alicyclic amines) is 1. The molecule has 4 aliphatic rings. The Morgan fingerprint density at radius 3 is 2.66 bits per heavy atom. The largest absolute Gasteiger partial charge is 0.497 e. The van der Waals surface area contributed by atoms with Crippen molar-refractivity contribution in [1.82, 2.24) is 4.90 Å². The topological polar surface area (TPSA) is 24.5 Å². The predicted octanol–water partition coefficient (Wildman–Crippen LogP) is 6.17. The summed E-state index contributed by atoms with van der Waals surface area (Å²) in [7, 11) is 1.72. The Morgan fingerprint density at radius 2 is 1.88 bits per heavy atom. The minimum atomic E-state index is 0.435. The molecule has 2 unspecified atom stereocenters. The zero-order chi connectivity index (χ0) is 21.5. The van der Waals surface area contributed by atoms with Crippen molar-refractivity contribution in [2.45, 2.75) is 75.8 Å². The monoisotopic (exact) mass is 430 g/mol. The molecule has 3 fully saturated rings. The standard InChI is InChI=1S/C29H38N2O/c1-32-25-12-8-21(9-13-25)19-30-24-11-10-23-17-28-26-7-2-3-14-29(26,27(23)18-24)15-16-31(28)20-22-5-4-6-22/h8-13,18,22,26,28,30H,2-7,14-17,19-20H2,1H3/t26-,28?,29?/m1/s1. The van der Waals surface area contributed by atoms with E-state index < -0.39 is 0 Å². The number of rotatable bonds is 6. The Balaban J connectivity index is 1.24. The van der Waals surface area contributed by atoms with Crippen LogP contribution in [0.4, 0.5) is 5.69 Å². The highest BCUT2D eigenvalue weighted by atomic mass is 16.5. The third-order valence-electron chi connectivity index (χ3n) is 9.32. The van der Waals surface area contributed by atoms with Crippen molar-refractivity contribution in [3.8, 4) is 5.75 Å². The van der Waals surface area contributed by atoms with Crippen molar-refractivity contribution >= 4 is 5.69 Å². The van der Waals surface area contributed by atoms with Gasteiger partial charge in [-0.3, -0.25) is 4.90 Å². The summed E-state index contributed by atoms with van der Waals surface area (Å²) in [6, 6.07) is 16.5. The van der Waals surface area contributed by atoms with Gasteiger partial charge in [-0.15, -0.1) is 0 Å². The summed E-state index contributed by atoms with van der Waals surface area (Å²) in [4.78, 5) is 2.93. The van der Waals surface area contributed by atoms with Gasteiger partial charge in [-0.25, -0.2) is 0 Å². The molecule has 0 amide bonds. The second-order valence-electron chi connectivity index (χ2n) is 10.9. The van der Waals surface area contributed by atoms with E-state index in [2.05, 4.69) is 40.5 Å². The van der Waals surface area contributed by atoms with Gasteiger partial charge in [0, 0.05) is 30.2 Å². The van der Waals surface area contributed by atoms with E-state index in [0.29, 0.717) is 5.41 Å². The lowest BCUT2D eigenvalue weighted by molar-refractivity contribution is -0.0239. The molecule has 170 valence electrons. The molecule has 2 aromatic rings. The fourth-order valence-electron chi connectivity index (χ4n) is 7.38. The smallest absolute Gasteiger partial charge is 0.118 e. The second kappa shape index (κ2) is 8.41. The number of methoxy groups -OCH3 is 1. The fraction of sp³-hybridized carbons (Fsp3) is 0.586. The van der Waals surface area contributed by atoms with Crippen LogP contribution in [0.2, 0.25) is 0 Å². The molecule has 1 N–H and O–H groups in total. The molecule has 3 atom stereocenters. The Labute approximate surface area is 193 Å². The van der Waals surface area contributed by atoms with Crippen LogP contribution in [0.25, 0.3) is 0 Å². The maximum Gasteiger partial charge on any atom is 0.118 e. The molecule has 3 nitrogen and oxygen atoms in total. The van der Waals surface area contributed by atoms with Gasteiger partial charge in [0.05, 0.1) is 7.11 Å². The molecular formula is C29H38N2O. The molecule has 3 heteroatoms. The number of anilines is 1. The van der Waals surface area contributed by atoms with Gasteiger partial charge < -0.3 is 10.1 Å². The first kappa shape index (κ1) is 20.6. The number of piperidine rings is 1. The minimum absolute atomic E-state index is 0.435. The summed E-state index contributed by atoms with van der Waals surface area (Å²) in [6.07, 6.45) is 12.7. The molecule has 32 heavy (non-hydrogen) atoms. The van der Waals surface area contributed by atoms with E-state index >= 15 is 0 Å². The van der Waals surface area contributed by atoms with Crippen molar-refractivity contribution in [2.24, 2.45) is 11.8 Å². The average Bonchev–Trinajstić information content (AvgIpc) is 2.81. The summed E-state index contributed by atoms with van der Waals surface area (Å²) >= 11 is 0. The van der Waals surface area contributed by atoms with Crippen LogP contribution in [-0.4, -0.2) is 31.1 Å². The first-order valence-electron chi connectivity index (χ1n) is 13.0.